The average molecular weight is 360 g/mol. The Hall–Kier alpha value is -1.30. The molecule has 0 aromatic heterocycles. The number of nitrogens with one attached hydrogen (secondary N) is 1. The zero-order valence-corrected chi connectivity index (χ0v) is 14.3. The number of ether oxygens (including phenoxy) is 2. The van der Waals surface area contributed by atoms with Crippen molar-refractivity contribution >= 4 is 35.1 Å². The summed E-state index contributed by atoms with van der Waals surface area (Å²) < 4.78 is 10.3. The van der Waals surface area contributed by atoms with Crippen LogP contribution in [0.2, 0.25) is 10.0 Å². The minimum Gasteiger partial charge on any atom is -0.455 e. The summed E-state index contributed by atoms with van der Waals surface area (Å²) in [4.78, 5) is 23.8. The Labute approximate surface area is 145 Å². The molecule has 0 aliphatic carbocycles. The molecule has 5 nitrogen and oxygen atoms in total. The van der Waals surface area contributed by atoms with Crippen molar-refractivity contribution in [2.75, 3.05) is 19.8 Å². The zero-order chi connectivity index (χ0) is 16.8. The van der Waals surface area contributed by atoms with E-state index in [9.17, 15) is 9.59 Å². The number of hydrogen-bond acceptors (Lipinski definition) is 4. The fourth-order valence-corrected chi connectivity index (χ4v) is 2.97. The Morgan fingerprint density at radius 1 is 1.35 bits per heavy atom. The summed E-state index contributed by atoms with van der Waals surface area (Å²) in [5.41, 5.74) is 0.750. The summed E-state index contributed by atoms with van der Waals surface area (Å²) in [6.45, 7) is 2.61. The average Bonchev–Trinajstić information content (AvgIpc) is 2.53. The number of halogens is 2. The van der Waals surface area contributed by atoms with Gasteiger partial charge in [-0.3, -0.25) is 9.59 Å². The van der Waals surface area contributed by atoms with Crippen LogP contribution >= 0.6 is 23.2 Å². The summed E-state index contributed by atoms with van der Waals surface area (Å²) in [5.74, 6) is -0.899. The Balaban J connectivity index is 1.80. The van der Waals surface area contributed by atoms with E-state index < -0.39 is 0 Å². The molecule has 1 aliphatic heterocycles. The van der Waals surface area contributed by atoms with Gasteiger partial charge in [0.25, 0.3) is 5.91 Å². The molecule has 0 bridgehead atoms. The highest BCUT2D eigenvalue weighted by molar-refractivity contribution is 6.35. The largest absolute Gasteiger partial charge is 0.455 e. The van der Waals surface area contributed by atoms with Gasteiger partial charge in [-0.1, -0.05) is 29.3 Å². The van der Waals surface area contributed by atoms with Crippen molar-refractivity contribution in [3.63, 3.8) is 0 Å². The van der Waals surface area contributed by atoms with E-state index in [1.54, 1.807) is 25.1 Å². The monoisotopic (exact) mass is 359 g/mol. The van der Waals surface area contributed by atoms with Gasteiger partial charge in [-0.15, -0.1) is 0 Å². The van der Waals surface area contributed by atoms with E-state index >= 15 is 0 Å². The first-order valence-electron chi connectivity index (χ1n) is 7.46. The van der Waals surface area contributed by atoms with Crippen LogP contribution in [0.4, 0.5) is 0 Å². The zero-order valence-electron chi connectivity index (χ0n) is 12.8. The molecule has 1 N–H and O–H groups in total. The van der Waals surface area contributed by atoms with Crippen molar-refractivity contribution in [2.45, 2.75) is 25.8 Å². The van der Waals surface area contributed by atoms with Crippen molar-refractivity contribution in [3.8, 4) is 0 Å². The van der Waals surface area contributed by atoms with Crippen LogP contribution in [-0.4, -0.2) is 31.7 Å². The van der Waals surface area contributed by atoms with Gasteiger partial charge >= 0.3 is 5.97 Å². The van der Waals surface area contributed by atoms with Crippen LogP contribution < -0.4 is 5.32 Å². The van der Waals surface area contributed by atoms with Crippen molar-refractivity contribution < 1.29 is 19.1 Å². The summed E-state index contributed by atoms with van der Waals surface area (Å²) in [6, 6.07) is 4.76. The molecule has 1 amide bonds. The first-order valence-corrected chi connectivity index (χ1v) is 8.21. The molecule has 126 valence electrons. The Morgan fingerprint density at radius 2 is 2.04 bits per heavy atom. The van der Waals surface area contributed by atoms with Crippen LogP contribution in [-0.2, 0) is 19.1 Å². The lowest BCUT2D eigenvalue weighted by atomic mass is 10.0. The van der Waals surface area contributed by atoms with Crippen molar-refractivity contribution in [2.24, 2.45) is 5.92 Å². The Morgan fingerprint density at radius 3 is 2.70 bits per heavy atom. The highest BCUT2D eigenvalue weighted by Crippen LogP contribution is 2.26. The fourth-order valence-electron chi connectivity index (χ4n) is 2.40. The first kappa shape index (κ1) is 18.0. The molecule has 1 heterocycles. The van der Waals surface area contributed by atoms with Crippen LogP contribution in [0.25, 0.3) is 0 Å². The number of carbonyl (C=O) groups is 2. The molecule has 1 saturated heterocycles. The second-order valence-electron chi connectivity index (χ2n) is 5.45. The van der Waals surface area contributed by atoms with Gasteiger partial charge in [-0.05, 0) is 37.5 Å². The van der Waals surface area contributed by atoms with Gasteiger partial charge in [0.15, 0.2) is 6.61 Å². The second-order valence-corrected chi connectivity index (χ2v) is 6.29. The molecule has 1 aromatic carbocycles. The third-order valence-electron chi connectivity index (χ3n) is 3.71. The van der Waals surface area contributed by atoms with Gasteiger partial charge in [0.2, 0.25) is 0 Å². The molecule has 1 unspecified atom stereocenters. The molecule has 2 rings (SSSR count). The molecular formula is C16H19Cl2NO4. The maximum Gasteiger partial charge on any atom is 0.309 e. The predicted molar refractivity (Wildman–Crippen MR) is 87.5 cm³/mol. The van der Waals surface area contributed by atoms with Gasteiger partial charge in [0.1, 0.15) is 0 Å². The maximum atomic E-state index is 11.9. The smallest absolute Gasteiger partial charge is 0.309 e. The number of carbonyl (C=O) groups excluding carboxylic acids is 2. The lowest BCUT2D eigenvalue weighted by Crippen LogP contribution is -2.33. The van der Waals surface area contributed by atoms with Crippen molar-refractivity contribution in [1.82, 2.24) is 5.32 Å². The highest BCUT2D eigenvalue weighted by atomic mass is 35.5. The Bertz CT molecular complexity index is 573. The van der Waals surface area contributed by atoms with E-state index in [1.807, 2.05) is 0 Å². The van der Waals surface area contributed by atoms with E-state index in [-0.39, 0.29) is 30.4 Å². The molecule has 0 spiro atoms. The SMILES string of the molecule is CC(NC(=O)COC(=O)C1CCOCC1)c1ccc(Cl)cc1Cl. The first-order chi connectivity index (χ1) is 11.0. The normalized spacial score (nSPS) is 16.7. The molecule has 7 heteroatoms. The van der Waals surface area contributed by atoms with Gasteiger partial charge in [-0.2, -0.15) is 0 Å². The Kier molecular flexibility index (Phi) is 6.69. The number of hydrogen-bond donors (Lipinski definition) is 1. The molecule has 1 fully saturated rings. The predicted octanol–water partition coefficient (Wildman–Crippen LogP) is 3.14. The molecular weight excluding hydrogens is 341 g/mol. The van der Waals surface area contributed by atoms with Gasteiger partial charge < -0.3 is 14.8 Å². The van der Waals surface area contributed by atoms with Crippen LogP contribution in [0.15, 0.2) is 18.2 Å². The minimum atomic E-state index is -0.371. The van der Waals surface area contributed by atoms with Crippen LogP contribution in [0.1, 0.15) is 31.4 Å². The van der Waals surface area contributed by atoms with E-state index in [1.165, 1.54) is 0 Å². The standard InChI is InChI=1S/C16H19Cl2NO4/c1-10(13-3-2-12(17)8-14(13)18)19-15(20)9-23-16(21)11-4-6-22-7-5-11/h2-3,8,10-11H,4-7,9H2,1H3,(H,19,20). The van der Waals surface area contributed by atoms with Crippen LogP contribution in [0, 0.1) is 5.92 Å². The quantitative estimate of drug-likeness (QED) is 0.820. The van der Waals surface area contributed by atoms with E-state index in [0.29, 0.717) is 36.1 Å². The highest BCUT2D eigenvalue weighted by Gasteiger charge is 2.24. The van der Waals surface area contributed by atoms with Gasteiger partial charge in [0.05, 0.1) is 12.0 Å². The summed E-state index contributed by atoms with van der Waals surface area (Å²) in [5, 5.41) is 3.75. The number of rotatable bonds is 5. The minimum absolute atomic E-state index is 0.181. The molecule has 1 atom stereocenters. The summed E-state index contributed by atoms with van der Waals surface area (Å²) >= 11 is 12.0. The van der Waals surface area contributed by atoms with Gasteiger partial charge in [0, 0.05) is 23.3 Å². The molecule has 23 heavy (non-hydrogen) atoms. The number of amides is 1. The van der Waals surface area contributed by atoms with Crippen LogP contribution in [0.3, 0.4) is 0 Å². The summed E-state index contributed by atoms with van der Waals surface area (Å²) in [7, 11) is 0. The molecule has 1 aliphatic rings. The summed E-state index contributed by atoms with van der Waals surface area (Å²) in [6.07, 6.45) is 1.27. The molecule has 0 radical (unpaired) electrons. The van der Waals surface area contributed by atoms with Crippen molar-refractivity contribution in [1.29, 1.82) is 0 Å². The van der Waals surface area contributed by atoms with E-state index in [4.69, 9.17) is 32.7 Å². The van der Waals surface area contributed by atoms with E-state index in [2.05, 4.69) is 5.32 Å². The van der Waals surface area contributed by atoms with E-state index in [0.717, 1.165) is 5.56 Å². The number of esters is 1. The molecule has 0 saturated carbocycles. The molecule has 1 aromatic rings. The number of benzene rings is 1. The van der Waals surface area contributed by atoms with Crippen molar-refractivity contribution in [3.05, 3.63) is 33.8 Å². The maximum absolute atomic E-state index is 11.9. The lowest BCUT2D eigenvalue weighted by Gasteiger charge is -2.21. The fraction of sp³-hybridized carbons (Fsp3) is 0.500. The third-order valence-corrected chi connectivity index (χ3v) is 4.27. The second kappa shape index (κ2) is 8.52. The third kappa shape index (κ3) is 5.37. The van der Waals surface area contributed by atoms with Gasteiger partial charge in [-0.25, -0.2) is 0 Å². The van der Waals surface area contributed by atoms with Crippen LogP contribution in [0.5, 0.6) is 0 Å². The lowest BCUT2D eigenvalue weighted by molar-refractivity contribution is -0.155. The topological polar surface area (TPSA) is 64.6 Å².